The molecule has 30 heavy (non-hydrogen) atoms. The first-order valence-corrected chi connectivity index (χ1v) is 9.65. The van der Waals surface area contributed by atoms with Gasteiger partial charge >= 0.3 is 0 Å². The molecule has 1 aromatic heterocycles. The molecule has 0 aliphatic heterocycles. The van der Waals surface area contributed by atoms with E-state index >= 15 is 0 Å². The Morgan fingerprint density at radius 1 is 1.17 bits per heavy atom. The average molecular weight is 415 g/mol. The number of carbonyl (C=O) groups excluding carboxylic acids is 1. The summed E-state index contributed by atoms with van der Waals surface area (Å²) in [6, 6.07) is 9.57. The number of methoxy groups -OCH3 is 1. The highest BCUT2D eigenvalue weighted by atomic mass is 19.1. The molecule has 3 rings (SSSR count). The molecule has 0 radical (unpaired) electrons. The number of benzene rings is 2. The largest absolute Gasteiger partial charge is 0.497 e. The summed E-state index contributed by atoms with van der Waals surface area (Å²) < 4.78 is 45.0. The summed E-state index contributed by atoms with van der Waals surface area (Å²) >= 11 is 0. The second kappa shape index (κ2) is 9.07. The number of hydrogen-bond acceptors (Lipinski definition) is 5. The highest BCUT2D eigenvalue weighted by Crippen LogP contribution is 2.32. The maximum Gasteiger partial charge on any atom is 0.236 e. The number of oxazole rings is 1. The van der Waals surface area contributed by atoms with E-state index in [0.717, 1.165) is 36.8 Å². The minimum Gasteiger partial charge on any atom is -0.497 e. The second-order valence-corrected chi connectivity index (χ2v) is 6.85. The van der Waals surface area contributed by atoms with Crippen molar-refractivity contribution in [3.05, 3.63) is 65.2 Å². The number of Topliss-reactive ketones (excluding diaryl/α,β-unsaturated/α-hetero) is 1. The van der Waals surface area contributed by atoms with Crippen molar-refractivity contribution in [3.63, 3.8) is 0 Å². The van der Waals surface area contributed by atoms with Crippen LogP contribution in [0.5, 0.6) is 11.5 Å². The number of ketones is 1. The molecule has 1 heterocycles. The van der Waals surface area contributed by atoms with Crippen LogP contribution in [0.4, 0.5) is 8.78 Å². The van der Waals surface area contributed by atoms with Gasteiger partial charge in [-0.15, -0.1) is 0 Å². The van der Waals surface area contributed by atoms with Crippen LogP contribution in [0.1, 0.15) is 55.3 Å². The van der Waals surface area contributed by atoms with Crippen LogP contribution < -0.4 is 9.47 Å². The lowest BCUT2D eigenvalue weighted by Gasteiger charge is -2.13. The van der Waals surface area contributed by atoms with Gasteiger partial charge in [0.1, 0.15) is 23.0 Å². The quantitative estimate of drug-likeness (QED) is 0.427. The van der Waals surface area contributed by atoms with Gasteiger partial charge in [-0.2, -0.15) is 0 Å². The summed E-state index contributed by atoms with van der Waals surface area (Å²) in [6.45, 7) is 4.77. The topological polar surface area (TPSA) is 61.6 Å². The lowest BCUT2D eigenvalue weighted by molar-refractivity contribution is 0.100. The van der Waals surface area contributed by atoms with Crippen LogP contribution in [-0.2, 0) is 6.42 Å². The molecule has 0 N–H and O–H groups in total. The predicted octanol–water partition coefficient (Wildman–Crippen LogP) is 5.92. The first kappa shape index (κ1) is 21.5. The van der Waals surface area contributed by atoms with Crippen molar-refractivity contribution < 1.29 is 27.5 Å². The van der Waals surface area contributed by atoms with Crippen molar-refractivity contribution in [2.24, 2.45) is 0 Å². The number of ether oxygens (including phenoxy) is 2. The van der Waals surface area contributed by atoms with E-state index < -0.39 is 29.1 Å². The minimum atomic E-state index is -1.04. The van der Waals surface area contributed by atoms with E-state index in [1.165, 1.54) is 0 Å². The highest BCUT2D eigenvalue weighted by molar-refractivity contribution is 5.95. The Bertz CT molecular complexity index is 1040. The fraction of sp³-hybridized carbons (Fsp3) is 0.304. The van der Waals surface area contributed by atoms with E-state index in [4.69, 9.17) is 13.9 Å². The zero-order valence-electron chi connectivity index (χ0n) is 17.3. The predicted molar refractivity (Wildman–Crippen MR) is 108 cm³/mol. The minimum absolute atomic E-state index is 0.240. The van der Waals surface area contributed by atoms with Crippen LogP contribution in [-0.4, -0.2) is 17.9 Å². The fourth-order valence-electron chi connectivity index (χ4n) is 3.10. The van der Waals surface area contributed by atoms with Gasteiger partial charge in [0.25, 0.3) is 0 Å². The maximum atomic E-state index is 14.6. The summed E-state index contributed by atoms with van der Waals surface area (Å²) in [5.74, 6) is -1.24. The summed E-state index contributed by atoms with van der Waals surface area (Å²) in [5.41, 5.74) is 0.903. The molecular formula is C23H23F2NO4. The van der Waals surface area contributed by atoms with Gasteiger partial charge in [-0.1, -0.05) is 6.92 Å². The van der Waals surface area contributed by atoms with Crippen molar-refractivity contribution in [1.82, 2.24) is 4.98 Å². The smallest absolute Gasteiger partial charge is 0.236 e. The zero-order chi connectivity index (χ0) is 21.8. The molecule has 3 aromatic rings. The van der Waals surface area contributed by atoms with Crippen molar-refractivity contribution >= 4 is 5.78 Å². The van der Waals surface area contributed by atoms with E-state index in [-0.39, 0.29) is 11.6 Å². The molecule has 1 atom stereocenters. The fourth-order valence-corrected chi connectivity index (χ4v) is 3.10. The molecule has 0 aliphatic rings. The van der Waals surface area contributed by atoms with Gasteiger partial charge < -0.3 is 13.9 Å². The third-order valence-electron chi connectivity index (χ3n) is 4.61. The van der Waals surface area contributed by atoms with Crippen molar-refractivity contribution in [1.29, 1.82) is 0 Å². The molecule has 0 spiro atoms. The van der Waals surface area contributed by atoms with E-state index in [1.54, 1.807) is 14.0 Å². The monoisotopic (exact) mass is 415 g/mol. The Balaban J connectivity index is 1.92. The SMILES string of the molecule is CCCc1oc(C(C)Oc2ccc(F)c(C(C)=O)c2F)nc1-c1ccc(OC)cc1. The van der Waals surface area contributed by atoms with Gasteiger partial charge in [0.2, 0.25) is 5.89 Å². The third-order valence-corrected chi connectivity index (χ3v) is 4.61. The molecule has 1 unspecified atom stereocenters. The number of aryl methyl sites for hydroxylation is 1. The first-order valence-electron chi connectivity index (χ1n) is 9.65. The molecule has 0 amide bonds. The van der Waals surface area contributed by atoms with Crippen LogP contribution in [0.15, 0.2) is 40.8 Å². The molecular weight excluding hydrogens is 392 g/mol. The van der Waals surface area contributed by atoms with Crippen molar-refractivity contribution in [2.75, 3.05) is 7.11 Å². The van der Waals surface area contributed by atoms with Crippen LogP contribution in [0.2, 0.25) is 0 Å². The molecule has 7 heteroatoms. The summed E-state index contributed by atoms with van der Waals surface area (Å²) in [5, 5.41) is 0. The van der Waals surface area contributed by atoms with Gasteiger partial charge in [0.05, 0.1) is 12.7 Å². The number of aromatic nitrogens is 1. The molecule has 158 valence electrons. The van der Waals surface area contributed by atoms with Crippen LogP contribution in [0.25, 0.3) is 11.3 Å². The normalized spacial score (nSPS) is 11.9. The average Bonchev–Trinajstić information content (AvgIpc) is 3.14. The third kappa shape index (κ3) is 4.35. The number of halogens is 2. The van der Waals surface area contributed by atoms with E-state index in [2.05, 4.69) is 4.98 Å². The molecule has 0 saturated carbocycles. The van der Waals surface area contributed by atoms with Gasteiger partial charge in [-0.3, -0.25) is 4.79 Å². The molecule has 0 fully saturated rings. The molecule has 0 bridgehead atoms. The zero-order valence-corrected chi connectivity index (χ0v) is 17.3. The molecule has 0 saturated heterocycles. The molecule has 5 nitrogen and oxygen atoms in total. The maximum absolute atomic E-state index is 14.6. The van der Waals surface area contributed by atoms with Crippen LogP contribution in [0.3, 0.4) is 0 Å². The lowest BCUT2D eigenvalue weighted by atomic mass is 10.1. The Morgan fingerprint density at radius 3 is 2.47 bits per heavy atom. The van der Waals surface area contributed by atoms with E-state index in [9.17, 15) is 13.6 Å². The Kier molecular flexibility index (Phi) is 6.50. The Hall–Kier alpha value is -3.22. The van der Waals surface area contributed by atoms with E-state index in [1.807, 2.05) is 31.2 Å². The van der Waals surface area contributed by atoms with Gasteiger partial charge in [-0.05, 0) is 56.7 Å². The van der Waals surface area contributed by atoms with Gasteiger partial charge in [0, 0.05) is 12.0 Å². The van der Waals surface area contributed by atoms with Crippen molar-refractivity contribution in [3.8, 4) is 22.8 Å². The highest BCUT2D eigenvalue weighted by Gasteiger charge is 2.24. The lowest BCUT2D eigenvalue weighted by Crippen LogP contribution is -2.08. The van der Waals surface area contributed by atoms with Crippen LogP contribution >= 0.6 is 0 Å². The number of carbonyl (C=O) groups is 1. The van der Waals surface area contributed by atoms with E-state index in [0.29, 0.717) is 17.9 Å². The molecule has 0 aliphatic carbocycles. The number of hydrogen-bond donors (Lipinski definition) is 0. The molecule has 2 aromatic carbocycles. The number of nitrogens with zero attached hydrogens (tertiary/aromatic N) is 1. The van der Waals surface area contributed by atoms with Gasteiger partial charge in [-0.25, -0.2) is 13.8 Å². The second-order valence-electron chi connectivity index (χ2n) is 6.85. The van der Waals surface area contributed by atoms with Crippen molar-refractivity contribution in [2.45, 2.75) is 39.7 Å². The Labute approximate surface area is 173 Å². The Morgan fingerprint density at radius 2 is 1.87 bits per heavy atom. The van der Waals surface area contributed by atoms with Crippen LogP contribution in [0, 0.1) is 11.6 Å². The first-order chi connectivity index (χ1) is 14.3. The number of rotatable bonds is 8. The summed E-state index contributed by atoms with van der Waals surface area (Å²) in [6.07, 6.45) is 0.759. The summed E-state index contributed by atoms with van der Waals surface area (Å²) in [4.78, 5) is 16.1. The van der Waals surface area contributed by atoms with Gasteiger partial charge in [0.15, 0.2) is 23.5 Å². The summed E-state index contributed by atoms with van der Waals surface area (Å²) in [7, 11) is 1.59. The standard InChI is InChI=1S/C23H23F2NO4/c1-5-6-19-22(15-7-9-16(28-4)10-8-15)26-23(30-19)14(3)29-18-12-11-17(24)20(13(2)27)21(18)25/h7-12,14H,5-6H2,1-4H3.